The quantitative estimate of drug-likeness (QED) is 0.415. The minimum absolute atomic E-state index is 0.0483. The summed E-state index contributed by atoms with van der Waals surface area (Å²) in [7, 11) is 0. The summed E-state index contributed by atoms with van der Waals surface area (Å²) in [5, 5.41) is 19.1. The molecule has 0 saturated carbocycles. The highest BCUT2D eigenvalue weighted by Crippen LogP contribution is 2.28. The van der Waals surface area contributed by atoms with E-state index >= 15 is 0 Å². The van der Waals surface area contributed by atoms with Crippen LogP contribution in [0.2, 0.25) is 0 Å². The van der Waals surface area contributed by atoms with Crippen molar-refractivity contribution in [2.24, 2.45) is 5.92 Å². The van der Waals surface area contributed by atoms with Crippen LogP contribution in [0.4, 0.5) is 0 Å². The predicted octanol–water partition coefficient (Wildman–Crippen LogP) is 2.40. The fraction of sp³-hybridized carbons (Fsp3) is 0.389. The van der Waals surface area contributed by atoms with Gasteiger partial charge in [-0.1, -0.05) is 37.3 Å². The van der Waals surface area contributed by atoms with E-state index in [1.165, 1.54) is 12.2 Å². The lowest BCUT2D eigenvalue weighted by Crippen LogP contribution is -2.12. The Balaban J connectivity index is 2.71. The predicted molar refractivity (Wildman–Crippen MR) is 88.1 cm³/mol. The third-order valence-electron chi connectivity index (χ3n) is 3.46. The van der Waals surface area contributed by atoms with Crippen molar-refractivity contribution in [3.8, 4) is 5.75 Å². The Labute approximate surface area is 136 Å². The maximum absolute atomic E-state index is 11.6. The summed E-state index contributed by atoms with van der Waals surface area (Å²) < 4.78 is 10.2. The van der Waals surface area contributed by atoms with Gasteiger partial charge in [-0.05, 0) is 24.6 Å². The van der Waals surface area contributed by atoms with Crippen LogP contribution in [-0.2, 0) is 9.53 Å². The van der Waals surface area contributed by atoms with Gasteiger partial charge in [0.05, 0.1) is 12.7 Å². The first-order valence-corrected chi connectivity index (χ1v) is 7.47. The fourth-order valence-corrected chi connectivity index (χ4v) is 1.96. The van der Waals surface area contributed by atoms with Gasteiger partial charge in [-0.2, -0.15) is 0 Å². The van der Waals surface area contributed by atoms with E-state index in [2.05, 4.69) is 6.58 Å². The van der Waals surface area contributed by atoms with Crippen molar-refractivity contribution >= 4 is 5.97 Å². The van der Waals surface area contributed by atoms with E-state index < -0.39 is 12.1 Å². The molecule has 0 bridgehead atoms. The molecule has 23 heavy (non-hydrogen) atoms. The first-order chi connectivity index (χ1) is 11.0. The monoisotopic (exact) mass is 320 g/mol. The van der Waals surface area contributed by atoms with Crippen molar-refractivity contribution in [3.05, 3.63) is 54.1 Å². The Hall–Kier alpha value is -2.11. The molecule has 2 N–H and O–H groups in total. The molecular weight excluding hydrogens is 296 g/mol. The summed E-state index contributed by atoms with van der Waals surface area (Å²) in [6.07, 6.45) is 2.14. The van der Waals surface area contributed by atoms with E-state index in [1.807, 2.05) is 6.92 Å². The van der Waals surface area contributed by atoms with Crippen LogP contribution in [0, 0.1) is 5.92 Å². The van der Waals surface area contributed by atoms with Gasteiger partial charge in [0.2, 0.25) is 0 Å². The van der Waals surface area contributed by atoms with Crippen LogP contribution >= 0.6 is 0 Å². The van der Waals surface area contributed by atoms with Crippen molar-refractivity contribution in [3.63, 3.8) is 0 Å². The van der Waals surface area contributed by atoms with E-state index in [-0.39, 0.29) is 25.7 Å². The maximum atomic E-state index is 11.6. The molecule has 0 aliphatic carbocycles. The number of rotatable bonds is 9. The Morgan fingerprint density at radius 2 is 2.00 bits per heavy atom. The highest BCUT2D eigenvalue weighted by molar-refractivity contribution is 5.82. The van der Waals surface area contributed by atoms with Crippen LogP contribution < -0.4 is 4.74 Å². The molecule has 126 valence electrons. The highest BCUT2D eigenvalue weighted by atomic mass is 16.5. The molecule has 0 radical (unpaired) electrons. The Kier molecular flexibility index (Phi) is 8.08. The van der Waals surface area contributed by atoms with E-state index in [0.717, 1.165) is 11.1 Å². The number of carbonyl (C=O) groups excluding carboxylic acids is 1. The van der Waals surface area contributed by atoms with Crippen LogP contribution in [-0.4, -0.2) is 36.0 Å². The molecule has 2 atom stereocenters. The van der Waals surface area contributed by atoms with Crippen LogP contribution in [0.25, 0.3) is 0 Å². The summed E-state index contributed by atoms with van der Waals surface area (Å²) in [6.45, 7) is 7.44. The lowest BCUT2D eigenvalue weighted by molar-refractivity contribution is -0.136. The number of aliphatic hydroxyl groups excluding tert-OH is 2. The van der Waals surface area contributed by atoms with Crippen molar-refractivity contribution in [2.75, 3.05) is 19.8 Å². The molecule has 0 saturated heterocycles. The van der Waals surface area contributed by atoms with Crippen molar-refractivity contribution in [2.45, 2.75) is 20.0 Å². The minimum atomic E-state index is -0.745. The molecule has 0 spiro atoms. The van der Waals surface area contributed by atoms with Gasteiger partial charge in [0.15, 0.2) is 0 Å². The van der Waals surface area contributed by atoms with E-state index in [9.17, 15) is 9.90 Å². The molecule has 0 aliphatic heterocycles. The molecule has 0 fully saturated rings. The second kappa shape index (κ2) is 9.82. The van der Waals surface area contributed by atoms with E-state index in [4.69, 9.17) is 14.6 Å². The minimum Gasteiger partial charge on any atom is -0.491 e. The molecule has 0 aromatic heterocycles. The van der Waals surface area contributed by atoms with E-state index in [1.54, 1.807) is 31.2 Å². The zero-order valence-corrected chi connectivity index (χ0v) is 13.6. The molecule has 5 heteroatoms. The molecule has 5 nitrogen and oxygen atoms in total. The summed E-state index contributed by atoms with van der Waals surface area (Å²) in [5.74, 6) is -0.0624. The summed E-state index contributed by atoms with van der Waals surface area (Å²) in [5.41, 5.74) is 1.45. The number of ether oxygens (including phenoxy) is 2. The fourth-order valence-electron chi connectivity index (χ4n) is 1.96. The molecule has 0 heterocycles. The third kappa shape index (κ3) is 6.26. The standard InChI is InChI=1S/C18H24O5/c1-4-10-23-17(20)12-13(2)14(3)18(21)15-5-7-16(8-6-15)22-11-9-19/h4-8,12,14,18-19,21H,1,9-11H2,2-3H3/b13-12+/t14-,18-/m0/s1. The highest BCUT2D eigenvalue weighted by Gasteiger charge is 2.19. The number of hydrogen-bond acceptors (Lipinski definition) is 5. The van der Waals surface area contributed by atoms with Crippen molar-refractivity contribution < 1.29 is 24.5 Å². The van der Waals surface area contributed by atoms with Gasteiger partial charge < -0.3 is 19.7 Å². The molecule has 1 aromatic carbocycles. The SMILES string of the molecule is C=CCOC(=O)/C=C(\C)[C@H](C)[C@H](O)c1ccc(OCCO)cc1. The summed E-state index contributed by atoms with van der Waals surface area (Å²) in [6, 6.07) is 6.99. The number of hydrogen-bond donors (Lipinski definition) is 2. The number of esters is 1. The van der Waals surface area contributed by atoms with Gasteiger partial charge in [-0.15, -0.1) is 0 Å². The van der Waals surface area contributed by atoms with Crippen LogP contribution in [0.1, 0.15) is 25.5 Å². The smallest absolute Gasteiger partial charge is 0.331 e. The number of benzene rings is 1. The van der Waals surface area contributed by atoms with E-state index in [0.29, 0.717) is 5.75 Å². The van der Waals surface area contributed by atoms with Gasteiger partial charge >= 0.3 is 5.97 Å². The molecule has 1 aromatic rings. The normalized spacial score (nSPS) is 14.0. The van der Waals surface area contributed by atoms with Crippen molar-refractivity contribution in [1.82, 2.24) is 0 Å². The van der Waals surface area contributed by atoms with Gasteiger partial charge in [-0.25, -0.2) is 4.79 Å². The molecule has 0 amide bonds. The molecular formula is C18H24O5. The average Bonchev–Trinajstić information content (AvgIpc) is 2.57. The second-order valence-corrected chi connectivity index (χ2v) is 5.18. The second-order valence-electron chi connectivity index (χ2n) is 5.18. The van der Waals surface area contributed by atoms with Crippen LogP contribution in [0.3, 0.4) is 0 Å². The Bertz CT molecular complexity index is 533. The molecule has 1 rings (SSSR count). The zero-order chi connectivity index (χ0) is 17.2. The number of aliphatic hydroxyl groups is 2. The maximum Gasteiger partial charge on any atom is 0.331 e. The van der Waals surface area contributed by atoms with Crippen molar-refractivity contribution in [1.29, 1.82) is 0 Å². The lowest BCUT2D eigenvalue weighted by atomic mass is 9.91. The summed E-state index contributed by atoms with van der Waals surface area (Å²) >= 11 is 0. The van der Waals surface area contributed by atoms with Crippen LogP contribution in [0.15, 0.2) is 48.6 Å². The lowest BCUT2D eigenvalue weighted by Gasteiger charge is -2.20. The molecule has 0 aliphatic rings. The van der Waals surface area contributed by atoms with Gasteiger partial charge in [-0.3, -0.25) is 0 Å². The van der Waals surface area contributed by atoms with Gasteiger partial charge in [0.25, 0.3) is 0 Å². The summed E-state index contributed by atoms with van der Waals surface area (Å²) in [4.78, 5) is 11.6. The Morgan fingerprint density at radius 1 is 1.35 bits per heavy atom. The average molecular weight is 320 g/mol. The first-order valence-electron chi connectivity index (χ1n) is 7.47. The van der Waals surface area contributed by atoms with Crippen LogP contribution in [0.5, 0.6) is 5.75 Å². The topological polar surface area (TPSA) is 76.0 Å². The Morgan fingerprint density at radius 3 is 2.57 bits per heavy atom. The third-order valence-corrected chi connectivity index (χ3v) is 3.46. The van der Waals surface area contributed by atoms with Gasteiger partial charge in [0.1, 0.15) is 19.0 Å². The number of carbonyl (C=O) groups is 1. The van der Waals surface area contributed by atoms with Gasteiger partial charge in [0, 0.05) is 12.0 Å². The molecule has 0 unspecified atom stereocenters. The first kappa shape index (κ1) is 18.9. The largest absolute Gasteiger partial charge is 0.491 e. The zero-order valence-electron chi connectivity index (χ0n) is 13.6.